The van der Waals surface area contributed by atoms with E-state index in [9.17, 15) is 0 Å². The number of aliphatic hydroxyl groups is 1. The number of rotatable bonds is 4. The molecule has 0 fully saturated rings. The van der Waals surface area contributed by atoms with Gasteiger partial charge in [-0.25, -0.2) is 0 Å². The predicted octanol–water partition coefficient (Wildman–Crippen LogP) is 1.12. The van der Waals surface area contributed by atoms with Crippen LogP contribution in [0.3, 0.4) is 0 Å². The van der Waals surface area contributed by atoms with Crippen LogP contribution in [0.4, 0.5) is 0 Å². The monoisotopic (exact) mass is 177 g/mol. The molecule has 13 heavy (non-hydrogen) atoms. The van der Waals surface area contributed by atoms with Crippen molar-refractivity contribution in [3.63, 3.8) is 0 Å². The van der Waals surface area contributed by atoms with Gasteiger partial charge in [-0.15, -0.1) is 0 Å². The maximum atomic E-state index is 8.50. The van der Waals surface area contributed by atoms with Gasteiger partial charge in [-0.05, 0) is 17.7 Å². The SMILES string of the molecule is N#CCc1ccc(OCCO)cc1. The molecule has 0 atom stereocenters. The van der Waals surface area contributed by atoms with Crippen LogP contribution in [0.2, 0.25) is 0 Å². The van der Waals surface area contributed by atoms with Crippen molar-refractivity contribution in [1.82, 2.24) is 0 Å². The van der Waals surface area contributed by atoms with E-state index in [0.717, 1.165) is 11.3 Å². The van der Waals surface area contributed by atoms with E-state index in [1.54, 1.807) is 12.1 Å². The molecule has 1 aromatic rings. The summed E-state index contributed by atoms with van der Waals surface area (Å²) in [5, 5.41) is 16.9. The molecule has 0 aliphatic heterocycles. The molecule has 3 heteroatoms. The zero-order valence-corrected chi connectivity index (χ0v) is 7.23. The summed E-state index contributed by atoms with van der Waals surface area (Å²) < 4.78 is 5.16. The van der Waals surface area contributed by atoms with Crippen molar-refractivity contribution >= 4 is 0 Å². The second-order valence-electron chi connectivity index (χ2n) is 2.55. The quantitative estimate of drug-likeness (QED) is 0.749. The van der Waals surface area contributed by atoms with E-state index in [2.05, 4.69) is 6.07 Å². The Kier molecular flexibility index (Phi) is 3.80. The molecule has 1 aromatic carbocycles. The van der Waals surface area contributed by atoms with Crippen LogP contribution in [0.25, 0.3) is 0 Å². The van der Waals surface area contributed by atoms with E-state index < -0.39 is 0 Å². The van der Waals surface area contributed by atoms with Gasteiger partial charge in [0.1, 0.15) is 12.4 Å². The molecule has 0 radical (unpaired) electrons. The van der Waals surface area contributed by atoms with Crippen molar-refractivity contribution in [2.45, 2.75) is 6.42 Å². The molecule has 0 saturated heterocycles. The van der Waals surface area contributed by atoms with E-state index in [0.29, 0.717) is 13.0 Å². The standard InChI is InChI=1S/C10H11NO2/c11-6-5-9-1-3-10(4-2-9)13-8-7-12/h1-4,12H,5,7-8H2. The summed E-state index contributed by atoms with van der Waals surface area (Å²) in [5.41, 5.74) is 0.971. The summed E-state index contributed by atoms with van der Waals surface area (Å²) in [6, 6.07) is 9.34. The fourth-order valence-electron chi connectivity index (χ4n) is 0.958. The average molecular weight is 177 g/mol. The summed E-state index contributed by atoms with van der Waals surface area (Å²) in [6.07, 6.45) is 0.417. The highest BCUT2D eigenvalue weighted by atomic mass is 16.5. The molecule has 0 heterocycles. The first-order chi connectivity index (χ1) is 6.36. The Morgan fingerprint density at radius 1 is 1.31 bits per heavy atom. The van der Waals surface area contributed by atoms with Crippen LogP contribution in [0.1, 0.15) is 5.56 Å². The summed E-state index contributed by atoms with van der Waals surface area (Å²) in [6.45, 7) is 0.317. The van der Waals surface area contributed by atoms with Gasteiger partial charge in [0.2, 0.25) is 0 Å². The van der Waals surface area contributed by atoms with Crippen molar-refractivity contribution in [3.05, 3.63) is 29.8 Å². The van der Waals surface area contributed by atoms with E-state index in [1.165, 1.54) is 0 Å². The summed E-state index contributed by atoms with van der Waals surface area (Å²) in [5.74, 6) is 0.718. The minimum atomic E-state index is 0.0138. The molecule has 0 spiro atoms. The molecule has 0 bridgehead atoms. The minimum Gasteiger partial charge on any atom is -0.491 e. The Morgan fingerprint density at radius 3 is 2.54 bits per heavy atom. The molecule has 3 nitrogen and oxygen atoms in total. The second-order valence-corrected chi connectivity index (χ2v) is 2.55. The lowest BCUT2D eigenvalue weighted by atomic mass is 10.2. The summed E-state index contributed by atoms with van der Waals surface area (Å²) in [7, 11) is 0. The molecule has 0 aromatic heterocycles. The largest absolute Gasteiger partial charge is 0.491 e. The molecule has 1 rings (SSSR count). The highest BCUT2D eigenvalue weighted by Crippen LogP contribution is 2.11. The van der Waals surface area contributed by atoms with E-state index in [4.69, 9.17) is 15.1 Å². The van der Waals surface area contributed by atoms with Gasteiger partial charge in [-0.2, -0.15) is 5.26 Å². The number of aliphatic hydroxyl groups excluding tert-OH is 1. The highest BCUT2D eigenvalue weighted by molar-refractivity contribution is 5.28. The molecule has 68 valence electrons. The van der Waals surface area contributed by atoms with Crippen LogP contribution in [0.15, 0.2) is 24.3 Å². The Labute approximate surface area is 77.2 Å². The van der Waals surface area contributed by atoms with Crippen molar-refractivity contribution in [1.29, 1.82) is 5.26 Å². The Balaban J connectivity index is 2.55. The predicted molar refractivity (Wildman–Crippen MR) is 48.3 cm³/mol. The third-order valence-electron chi connectivity index (χ3n) is 1.57. The van der Waals surface area contributed by atoms with E-state index >= 15 is 0 Å². The topological polar surface area (TPSA) is 53.2 Å². The van der Waals surface area contributed by atoms with E-state index in [-0.39, 0.29) is 6.61 Å². The molecular formula is C10H11NO2. The smallest absolute Gasteiger partial charge is 0.119 e. The molecule has 0 aliphatic carbocycles. The third kappa shape index (κ3) is 3.14. The van der Waals surface area contributed by atoms with Crippen LogP contribution >= 0.6 is 0 Å². The molecule has 0 unspecified atom stereocenters. The molecule has 0 saturated carbocycles. The van der Waals surface area contributed by atoms with Gasteiger partial charge in [0.25, 0.3) is 0 Å². The lowest BCUT2D eigenvalue weighted by molar-refractivity contribution is 0.201. The Bertz CT molecular complexity index is 287. The first-order valence-corrected chi connectivity index (χ1v) is 4.06. The van der Waals surface area contributed by atoms with Crippen LogP contribution < -0.4 is 4.74 Å². The Morgan fingerprint density at radius 2 is 2.00 bits per heavy atom. The Hall–Kier alpha value is -1.53. The van der Waals surface area contributed by atoms with Crippen LogP contribution in [-0.4, -0.2) is 18.3 Å². The maximum absolute atomic E-state index is 8.50. The van der Waals surface area contributed by atoms with Gasteiger partial charge in [0.15, 0.2) is 0 Å². The first kappa shape index (κ1) is 9.56. The summed E-state index contributed by atoms with van der Waals surface area (Å²) in [4.78, 5) is 0. The van der Waals surface area contributed by atoms with Gasteiger partial charge in [-0.1, -0.05) is 12.1 Å². The average Bonchev–Trinajstić information content (AvgIpc) is 2.17. The first-order valence-electron chi connectivity index (χ1n) is 4.06. The number of benzene rings is 1. The molecular weight excluding hydrogens is 166 g/mol. The number of ether oxygens (including phenoxy) is 1. The van der Waals surface area contributed by atoms with Crippen LogP contribution in [0, 0.1) is 11.3 Å². The zero-order chi connectivity index (χ0) is 9.52. The lowest BCUT2D eigenvalue weighted by Crippen LogP contribution is -2.01. The molecule has 1 N–H and O–H groups in total. The third-order valence-corrected chi connectivity index (χ3v) is 1.57. The normalized spacial score (nSPS) is 9.23. The van der Waals surface area contributed by atoms with Crippen molar-refractivity contribution < 1.29 is 9.84 Å². The van der Waals surface area contributed by atoms with Gasteiger partial charge in [0, 0.05) is 0 Å². The fraction of sp³-hybridized carbons (Fsp3) is 0.300. The van der Waals surface area contributed by atoms with E-state index in [1.807, 2.05) is 12.1 Å². The number of nitrogens with zero attached hydrogens (tertiary/aromatic N) is 1. The zero-order valence-electron chi connectivity index (χ0n) is 7.23. The van der Waals surface area contributed by atoms with Gasteiger partial charge >= 0.3 is 0 Å². The van der Waals surface area contributed by atoms with Crippen LogP contribution in [0.5, 0.6) is 5.75 Å². The lowest BCUT2D eigenvalue weighted by Gasteiger charge is -2.03. The number of hydrogen-bond acceptors (Lipinski definition) is 3. The summed E-state index contributed by atoms with van der Waals surface area (Å²) >= 11 is 0. The number of nitriles is 1. The van der Waals surface area contributed by atoms with Gasteiger partial charge < -0.3 is 9.84 Å². The highest BCUT2D eigenvalue weighted by Gasteiger charge is 1.93. The van der Waals surface area contributed by atoms with Crippen LogP contribution in [-0.2, 0) is 6.42 Å². The van der Waals surface area contributed by atoms with Crippen molar-refractivity contribution in [2.75, 3.05) is 13.2 Å². The molecule has 0 aliphatic rings. The maximum Gasteiger partial charge on any atom is 0.119 e. The van der Waals surface area contributed by atoms with Gasteiger partial charge in [-0.3, -0.25) is 0 Å². The molecule has 0 amide bonds. The number of hydrogen-bond donors (Lipinski definition) is 1. The minimum absolute atomic E-state index is 0.0138. The van der Waals surface area contributed by atoms with Gasteiger partial charge in [0.05, 0.1) is 19.1 Å². The fourth-order valence-corrected chi connectivity index (χ4v) is 0.958. The van der Waals surface area contributed by atoms with Crippen molar-refractivity contribution in [2.24, 2.45) is 0 Å². The second kappa shape index (κ2) is 5.18. The van der Waals surface area contributed by atoms with Crippen molar-refractivity contribution in [3.8, 4) is 11.8 Å².